The first kappa shape index (κ1) is 20.5. The number of piperazine rings is 1. The van der Waals surface area contributed by atoms with Gasteiger partial charge < -0.3 is 4.90 Å². The first-order valence-electron chi connectivity index (χ1n) is 9.37. The summed E-state index contributed by atoms with van der Waals surface area (Å²) >= 11 is 5.92. The van der Waals surface area contributed by atoms with E-state index in [0.29, 0.717) is 29.5 Å². The monoisotopic (exact) mass is 442 g/mol. The molecule has 0 saturated carbocycles. The van der Waals surface area contributed by atoms with E-state index in [4.69, 9.17) is 11.6 Å². The zero-order chi connectivity index (χ0) is 21.1. The third kappa shape index (κ3) is 4.21. The maximum Gasteiger partial charge on any atom is 0.257 e. The molecule has 0 bridgehead atoms. The van der Waals surface area contributed by atoms with Crippen LogP contribution in [0.2, 0.25) is 5.02 Å². The summed E-state index contributed by atoms with van der Waals surface area (Å²) in [6.45, 7) is 1.01. The molecule has 0 spiro atoms. The molecule has 9 heteroatoms. The van der Waals surface area contributed by atoms with Gasteiger partial charge in [0.15, 0.2) is 5.82 Å². The van der Waals surface area contributed by atoms with Crippen molar-refractivity contribution in [2.75, 3.05) is 26.2 Å². The van der Waals surface area contributed by atoms with E-state index in [1.165, 1.54) is 28.8 Å². The van der Waals surface area contributed by atoms with Gasteiger partial charge in [-0.2, -0.15) is 4.31 Å². The van der Waals surface area contributed by atoms with E-state index in [2.05, 4.69) is 9.97 Å². The van der Waals surface area contributed by atoms with Gasteiger partial charge in [0.2, 0.25) is 10.0 Å². The van der Waals surface area contributed by atoms with Crippen molar-refractivity contribution < 1.29 is 13.2 Å². The fourth-order valence-corrected chi connectivity index (χ4v) is 4.99. The number of hydrogen-bond donors (Lipinski definition) is 0. The highest BCUT2D eigenvalue weighted by Crippen LogP contribution is 2.21. The summed E-state index contributed by atoms with van der Waals surface area (Å²) in [6, 6.07) is 15.7. The van der Waals surface area contributed by atoms with Crippen LogP contribution in [0.25, 0.3) is 11.4 Å². The molecule has 1 aliphatic rings. The van der Waals surface area contributed by atoms with Gasteiger partial charge in [0.1, 0.15) is 0 Å². The van der Waals surface area contributed by atoms with Crippen molar-refractivity contribution in [2.24, 2.45) is 0 Å². The minimum atomic E-state index is -3.65. The van der Waals surface area contributed by atoms with Crippen molar-refractivity contribution >= 4 is 27.5 Å². The molecule has 4 rings (SSSR count). The summed E-state index contributed by atoms with van der Waals surface area (Å²) in [7, 11) is -3.65. The van der Waals surface area contributed by atoms with Crippen molar-refractivity contribution in [2.45, 2.75) is 4.90 Å². The number of carbonyl (C=O) groups excluding carboxylic acids is 1. The lowest BCUT2D eigenvalue weighted by atomic mass is 10.2. The summed E-state index contributed by atoms with van der Waals surface area (Å²) in [5.74, 6) is 0.332. The predicted molar refractivity (Wildman–Crippen MR) is 114 cm³/mol. The molecule has 1 fully saturated rings. The molecule has 30 heavy (non-hydrogen) atoms. The second-order valence-corrected chi connectivity index (χ2v) is 9.19. The molecule has 1 saturated heterocycles. The van der Waals surface area contributed by atoms with Crippen molar-refractivity contribution in [3.05, 3.63) is 77.6 Å². The lowest BCUT2D eigenvalue weighted by Crippen LogP contribution is -2.50. The quantitative estimate of drug-likeness (QED) is 0.620. The van der Waals surface area contributed by atoms with Crippen molar-refractivity contribution in [3.63, 3.8) is 0 Å². The number of amides is 1. The van der Waals surface area contributed by atoms with Gasteiger partial charge in [-0.1, -0.05) is 48.0 Å². The average Bonchev–Trinajstić information content (AvgIpc) is 2.79. The van der Waals surface area contributed by atoms with Crippen molar-refractivity contribution in [1.82, 2.24) is 19.2 Å². The van der Waals surface area contributed by atoms with E-state index >= 15 is 0 Å². The largest absolute Gasteiger partial charge is 0.336 e. The first-order chi connectivity index (χ1) is 14.4. The number of hydrogen-bond acceptors (Lipinski definition) is 5. The number of carbonyl (C=O) groups is 1. The van der Waals surface area contributed by atoms with Gasteiger partial charge in [0.25, 0.3) is 5.91 Å². The summed E-state index contributed by atoms with van der Waals surface area (Å²) in [5, 5.41) is 0.365. The van der Waals surface area contributed by atoms with Crippen LogP contribution >= 0.6 is 11.6 Å². The molecule has 0 unspecified atom stereocenters. The van der Waals surface area contributed by atoms with Crippen LogP contribution in [-0.4, -0.2) is 59.7 Å². The van der Waals surface area contributed by atoms with E-state index in [1.807, 2.05) is 30.3 Å². The van der Waals surface area contributed by atoms with Gasteiger partial charge in [-0.15, -0.1) is 0 Å². The summed E-state index contributed by atoms with van der Waals surface area (Å²) in [4.78, 5) is 23.1. The number of aromatic nitrogens is 2. The molecule has 0 atom stereocenters. The number of halogens is 1. The molecular weight excluding hydrogens is 424 g/mol. The minimum absolute atomic E-state index is 0.152. The third-order valence-corrected chi connectivity index (χ3v) is 7.02. The Hall–Kier alpha value is -2.81. The van der Waals surface area contributed by atoms with Crippen LogP contribution in [0, 0.1) is 0 Å². The fourth-order valence-electron chi connectivity index (χ4n) is 3.27. The average molecular weight is 443 g/mol. The van der Waals surface area contributed by atoms with Crippen LogP contribution in [0.5, 0.6) is 0 Å². The van der Waals surface area contributed by atoms with Gasteiger partial charge in [-0.25, -0.2) is 18.4 Å². The molecule has 0 radical (unpaired) electrons. The van der Waals surface area contributed by atoms with E-state index < -0.39 is 10.0 Å². The molecule has 1 amide bonds. The Kier molecular flexibility index (Phi) is 5.80. The predicted octanol–water partition coefficient (Wildman–Crippen LogP) is 2.94. The highest BCUT2D eigenvalue weighted by molar-refractivity contribution is 7.89. The molecule has 1 aromatic heterocycles. The first-order valence-corrected chi connectivity index (χ1v) is 11.2. The molecule has 7 nitrogen and oxygen atoms in total. The lowest BCUT2D eigenvalue weighted by molar-refractivity contribution is 0.0697. The van der Waals surface area contributed by atoms with E-state index in [9.17, 15) is 13.2 Å². The maximum absolute atomic E-state index is 12.8. The third-order valence-electron chi connectivity index (χ3n) is 4.89. The number of rotatable bonds is 4. The molecule has 2 aromatic carbocycles. The Morgan fingerprint density at radius 3 is 2.20 bits per heavy atom. The molecule has 154 valence electrons. The topological polar surface area (TPSA) is 83.5 Å². The smallest absolute Gasteiger partial charge is 0.257 e. The summed E-state index contributed by atoms with van der Waals surface area (Å²) in [6.07, 6.45) is 3.01. The lowest BCUT2D eigenvalue weighted by Gasteiger charge is -2.34. The second kappa shape index (κ2) is 8.51. The van der Waals surface area contributed by atoms with Gasteiger partial charge in [-0.3, -0.25) is 4.79 Å². The zero-order valence-corrected chi connectivity index (χ0v) is 17.6. The van der Waals surface area contributed by atoms with E-state index in [1.54, 1.807) is 17.0 Å². The molecular formula is C21H19ClN4O3S. The molecule has 0 N–H and O–H groups in total. The normalized spacial score (nSPS) is 15.2. The van der Waals surface area contributed by atoms with Crippen LogP contribution in [-0.2, 0) is 10.0 Å². The number of sulfonamides is 1. The molecule has 2 heterocycles. The van der Waals surface area contributed by atoms with Gasteiger partial charge >= 0.3 is 0 Å². The molecule has 0 aliphatic carbocycles. The van der Waals surface area contributed by atoms with Crippen molar-refractivity contribution in [1.29, 1.82) is 0 Å². The Morgan fingerprint density at radius 2 is 1.57 bits per heavy atom. The summed E-state index contributed by atoms with van der Waals surface area (Å²) in [5.41, 5.74) is 1.25. The zero-order valence-electron chi connectivity index (χ0n) is 16.0. The second-order valence-electron chi connectivity index (χ2n) is 6.82. The maximum atomic E-state index is 12.8. The van der Waals surface area contributed by atoms with E-state index in [-0.39, 0.29) is 23.9 Å². The number of nitrogens with zero attached hydrogens (tertiary/aromatic N) is 4. The van der Waals surface area contributed by atoms with Gasteiger partial charge in [0, 0.05) is 49.2 Å². The molecule has 1 aliphatic heterocycles. The Balaban J connectivity index is 1.42. The molecule has 3 aromatic rings. The fraction of sp³-hybridized carbons (Fsp3) is 0.190. The van der Waals surface area contributed by atoms with Crippen molar-refractivity contribution in [3.8, 4) is 11.4 Å². The standard InChI is InChI=1S/C21H19ClN4O3S/c22-18-7-4-8-19(13-18)30(28,29)26-11-9-25(10-12-26)21(27)17-14-23-20(24-15-17)16-5-2-1-3-6-16/h1-8,13-15H,9-12H2. The van der Waals surface area contributed by atoms with Crippen LogP contribution in [0.15, 0.2) is 71.9 Å². The van der Waals surface area contributed by atoms with Crippen LogP contribution in [0.4, 0.5) is 0 Å². The van der Waals surface area contributed by atoms with Gasteiger partial charge in [-0.05, 0) is 18.2 Å². The van der Waals surface area contributed by atoms with Crippen LogP contribution in [0.3, 0.4) is 0 Å². The Labute approximate surface area is 180 Å². The van der Waals surface area contributed by atoms with Gasteiger partial charge in [0.05, 0.1) is 10.5 Å². The Morgan fingerprint density at radius 1 is 0.900 bits per heavy atom. The summed E-state index contributed by atoms with van der Waals surface area (Å²) < 4.78 is 27.0. The van der Waals surface area contributed by atoms with Crippen LogP contribution < -0.4 is 0 Å². The highest BCUT2D eigenvalue weighted by Gasteiger charge is 2.30. The van der Waals surface area contributed by atoms with Crippen LogP contribution in [0.1, 0.15) is 10.4 Å². The van der Waals surface area contributed by atoms with E-state index in [0.717, 1.165) is 5.56 Å². The SMILES string of the molecule is O=C(c1cnc(-c2ccccc2)nc1)N1CCN(S(=O)(=O)c2cccc(Cl)c2)CC1. The number of benzene rings is 2. The Bertz CT molecular complexity index is 1150. The highest BCUT2D eigenvalue weighted by atomic mass is 35.5. The minimum Gasteiger partial charge on any atom is -0.336 e.